The minimum atomic E-state index is -0.145. The Morgan fingerprint density at radius 3 is 1.50 bits per heavy atom. The molecule has 28 heavy (non-hydrogen) atoms. The fraction of sp³-hybridized carbons (Fsp3) is 0.500. The third kappa shape index (κ3) is 3.57. The van der Waals surface area contributed by atoms with Crippen molar-refractivity contribution < 1.29 is 9.47 Å². The standard InChI is InChI=1S/C20H26N4O4/c1-5-7-23-17(11-27-3)21-15-10-14-16(9-13(15)19(23)25)22-18(12-28-4)24(8-6-2)20(14)26/h9-10H,5-8,11-12H2,1-4H3. The van der Waals surface area contributed by atoms with Crippen molar-refractivity contribution in [1.82, 2.24) is 19.1 Å². The Hall–Kier alpha value is -2.58. The maximum atomic E-state index is 13.1. The van der Waals surface area contributed by atoms with Crippen molar-refractivity contribution in [2.45, 2.75) is 53.0 Å². The number of benzene rings is 1. The van der Waals surface area contributed by atoms with Gasteiger partial charge in [-0.25, -0.2) is 9.97 Å². The Morgan fingerprint density at radius 2 is 1.18 bits per heavy atom. The van der Waals surface area contributed by atoms with Gasteiger partial charge in [-0.1, -0.05) is 13.8 Å². The summed E-state index contributed by atoms with van der Waals surface area (Å²) < 4.78 is 13.7. The van der Waals surface area contributed by atoms with Gasteiger partial charge in [-0.15, -0.1) is 0 Å². The summed E-state index contributed by atoms with van der Waals surface area (Å²) in [5, 5.41) is 0.897. The van der Waals surface area contributed by atoms with E-state index in [1.165, 1.54) is 0 Å². The van der Waals surface area contributed by atoms with Crippen LogP contribution in [0.15, 0.2) is 21.7 Å². The Labute approximate surface area is 162 Å². The average molecular weight is 386 g/mol. The van der Waals surface area contributed by atoms with Crippen LogP contribution in [0.1, 0.15) is 38.3 Å². The van der Waals surface area contributed by atoms with Crippen LogP contribution in [0.25, 0.3) is 21.8 Å². The molecule has 2 heterocycles. The molecule has 3 aromatic rings. The van der Waals surface area contributed by atoms with Crippen molar-refractivity contribution in [1.29, 1.82) is 0 Å². The van der Waals surface area contributed by atoms with Crippen molar-refractivity contribution in [3.63, 3.8) is 0 Å². The molecule has 0 unspecified atom stereocenters. The van der Waals surface area contributed by atoms with E-state index < -0.39 is 0 Å². The average Bonchev–Trinajstić information content (AvgIpc) is 2.68. The Morgan fingerprint density at radius 1 is 0.786 bits per heavy atom. The molecule has 0 aliphatic heterocycles. The van der Waals surface area contributed by atoms with Gasteiger partial charge in [0.1, 0.15) is 24.9 Å². The van der Waals surface area contributed by atoms with E-state index in [1.807, 2.05) is 13.8 Å². The first-order chi connectivity index (χ1) is 13.5. The first kappa shape index (κ1) is 20.2. The van der Waals surface area contributed by atoms with Gasteiger partial charge in [-0.3, -0.25) is 18.7 Å². The van der Waals surface area contributed by atoms with Crippen LogP contribution in [0, 0.1) is 0 Å². The molecule has 3 rings (SSSR count). The predicted molar refractivity (Wildman–Crippen MR) is 108 cm³/mol. The first-order valence-electron chi connectivity index (χ1n) is 9.50. The van der Waals surface area contributed by atoms with Gasteiger partial charge >= 0.3 is 0 Å². The number of ether oxygens (including phenoxy) is 2. The molecule has 0 radical (unpaired) electrons. The molecule has 0 spiro atoms. The van der Waals surface area contributed by atoms with Crippen molar-refractivity contribution in [3.8, 4) is 0 Å². The second kappa shape index (κ2) is 8.62. The van der Waals surface area contributed by atoms with Crippen molar-refractivity contribution in [2.24, 2.45) is 0 Å². The SMILES string of the molecule is CCCn1c(COC)nc2cc3c(=O)n(CCC)c(COC)nc3cc2c1=O. The Balaban J connectivity index is 2.36. The third-order valence-corrected chi connectivity index (χ3v) is 4.63. The first-order valence-corrected chi connectivity index (χ1v) is 9.50. The van der Waals surface area contributed by atoms with Crippen LogP contribution in [0.2, 0.25) is 0 Å². The Kier molecular flexibility index (Phi) is 6.21. The molecule has 8 nitrogen and oxygen atoms in total. The van der Waals surface area contributed by atoms with Crippen LogP contribution < -0.4 is 11.1 Å². The quantitative estimate of drug-likeness (QED) is 0.552. The zero-order chi connectivity index (χ0) is 20.3. The highest BCUT2D eigenvalue weighted by Gasteiger charge is 2.16. The van der Waals surface area contributed by atoms with E-state index in [0.717, 1.165) is 12.8 Å². The summed E-state index contributed by atoms with van der Waals surface area (Å²) in [5.74, 6) is 1.11. The lowest BCUT2D eigenvalue weighted by molar-refractivity contribution is 0.172. The fourth-order valence-electron chi connectivity index (χ4n) is 3.42. The molecule has 1 aromatic carbocycles. The van der Waals surface area contributed by atoms with Crippen molar-refractivity contribution in [2.75, 3.05) is 14.2 Å². The molecule has 0 aliphatic rings. The number of fused-ring (bicyclic) bond motifs is 2. The van der Waals surface area contributed by atoms with E-state index in [4.69, 9.17) is 9.47 Å². The largest absolute Gasteiger partial charge is 0.377 e. The second-order valence-corrected chi connectivity index (χ2v) is 6.72. The monoisotopic (exact) mass is 386 g/mol. The summed E-state index contributed by atoms with van der Waals surface area (Å²) >= 11 is 0. The van der Waals surface area contributed by atoms with Crippen molar-refractivity contribution >= 4 is 21.8 Å². The van der Waals surface area contributed by atoms with Gasteiger partial charge in [0.25, 0.3) is 11.1 Å². The normalized spacial score (nSPS) is 11.6. The van der Waals surface area contributed by atoms with Gasteiger partial charge in [0, 0.05) is 27.3 Å². The van der Waals surface area contributed by atoms with E-state index in [-0.39, 0.29) is 24.3 Å². The molecule has 0 amide bonds. The molecule has 0 atom stereocenters. The second-order valence-electron chi connectivity index (χ2n) is 6.72. The Bertz CT molecular complexity index is 1030. The third-order valence-electron chi connectivity index (χ3n) is 4.63. The fourth-order valence-corrected chi connectivity index (χ4v) is 3.42. The summed E-state index contributed by atoms with van der Waals surface area (Å²) in [6.07, 6.45) is 1.60. The van der Waals surface area contributed by atoms with Crippen LogP contribution in [0.3, 0.4) is 0 Å². The minimum absolute atomic E-state index is 0.145. The van der Waals surface area contributed by atoms with Crippen LogP contribution in [0.5, 0.6) is 0 Å². The molecule has 0 N–H and O–H groups in total. The highest BCUT2D eigenvalue weighted by molar-refractivity contribution is 5.93. The highest BCUT2D eigenvalue weighted by Crippen LogP contribution is 2.18. The van der Waals surface area contributed by atoms with E-state index in [1.54, 1.807) is 35.5 Å². The zero-order valence-electron chi connectivity index (χ0n) is 16.8. The lowest BCUT2D eigenvalue weighted by atomic mass is 10.1. The van der Waals surface area contributed by atoms with Gasteiger partial charge in [-0.05, 0) is 25.0 Å². The van der Waals surface area contributed by atoms with Gasteiger partial charge in [-0.2, -0.15) is 0 Å². The summed E-state index contributed by atoms with van der Waals surface area (Å²) in [5.41, 5.74) is 0.680. The maximum Gasteiger partial charge on any atom is 0.261 e. The number of rotatable bonds is 8. The predicted octanol–water partition coefficient (Wildman–Crippen LogP) is 2.22. The number of nitrogens with zero attached hydrogens (tertiary/aromatic N) is 4. The minimum Gasteiger partial charge on any atom is -0.377 e. The van der Waals surface area contributed by atoms with Crippen molar-refractivity contribution in [3.05, 3.63) is 44.5 Å². The smallest absolute Gasteiger partial charge is 0.261 e. The van der Waals surface area contributed by atoms with Crippen LogP contribution >= 0.6 is 0 Å². The zero-order valence-corrected chi connectivity index (χ0v) is 16.8. The van der Waals surface area contributed by atoms with Gasteiger partial charge in [0.05, 0.1) is 21.8 Å². The molecule has 0 aliphatic carbocycles. The number of hydrogen-bond acceptors (Lipinski definition) is 6. The van der Waals surface area contributed by atoms with E-state index in [0.29, 0.717) is 46.5 Å². The van der Waals surface area contributed by atoms with Gasteiger partial charge in [0.2, 0.25) is 0 Å². The molecule has 150 valence electrons. The van der Waals surface area contributed by atoms with Gasteiger partial charge in [0.15, 0.2) is 0 Å². The summed E-state index contributed by atoms with van der Waals surface area (Å²) in [7, 11) is 3.13. The molecule has 0 saturated carbocycles. The maximum absolute atomic E-state index is 13.1. The number of aromatic nitrogens is 4. The molecule has 0 fully saturated rings. The summed E-state index contributed by atoms with van der Waals surface area (Å²) in [6, 6.07) is 3.33. The lowest BCUT2D eigenvalue weighted by Gasteiger charge is -2.14. The molecule has 8 heteroatoms. The molecular weight excluding hydrogens is 360 g/mol. The van der Waals surface area contributed by atoms with Gasteiger partial charge < -0.3 is 9.47 Å². The topological polar surface area (TPSA) is 88.2 Å². The van der Waals surface area contributed by atoms with Crippen LogP contribution in [0.4, 0.5) is 0 Å². The lowest BCUT2D eigenvalue weighted by Crippen LogP contribution is -2.27. The van der Waals surface area contributed by atoms with E-state index >= 15 is 0 Å². The molecule has 0 bridgehead atoms. The summed E-state index contributed by atoms with van der Waals surface area (Å²) in [6.45, 7) is 5.57. The van der Waals surface area contributed by atoms with E-state index in [2.05, 4.69) is 9.97 Å². The highest BCUT2D eigenvalue weighted by atomic mass is 16.5. The van der Waals surface area contributed by atoms with Crippen LogP contribution in [-0.4, -0.2) is 33.3 Å². The summed E-state index contributed by atoms with van der Waals surface area (Å²) in [4.78, 5) is 35.3. The van der Waals surface area contributed by atoms with E-state index in [9.17, 15) is 9.59 Å². The van der Waals surface area contributed by atoms with Crippen LogP contribution in [-0.2, 0) is 35.8 Å². The molecule has 0 saturated heterocycles. The number of methoxy groups -OCH3 is 2. The molecule has 2 aromatic heterocycles. The number of hydrogen-bond donors (Lipinski definition) is 0. The molecular formula is C20H26N4O4.